The Morgan fingerprint density at radius 2 is 1.12 bits per heavy atom. The van der Waals surface area contributed by atoms with Gasteiger partial charge in [-0.15, -0.1) is 0 Å². The van der Waals surface area contributed by atoms with Gasteiger partial charge in [-0.05, 0) is 25.7 Å². The molecular weight excluding hydrogens is 530 g/mol. The average molecular weight is 588 g/mol. The highest BCUT2D eigenvalue weighted by molar-refractivity contribution is 5.83. The standard InChI is InChI=1S/C23H43NO5.C6H14N4O2/c1-2-3-4-5-6-7-8-9-10-11-12-13-14-15-16-17-21(25)24-20(23(28)29)18-19-22(26)27;7-4(5(11)12)2-1-3-10-6(8)9/h20H,2-19H2,1H3,(H,24,25)(H,26,27)(H,28,29);4H,1-3,7H2,(H,11,12)(H4,8,9,10). The first-order valence-electron chi connectivity index (χ1n) is 15.3. The van der Waals surface area contributed by atoms with Crippen molar-refractivity contribution in [2.75, 3.05) is 6.54 Å². The third kappa shape index (κ3) is 31.5. The van der Waals surface area contributed by atoms with Crippen molar-refractivity contribution in [2.24, 2.45) is 22.2 Å². The van der Waals surface area contributed by atoms with Crippen molar-refractivity contribution in [3.63, 3.8) is 0 Å². The number of carboxylic acid groups (broad SMARTS) is 3. The lowest BCUT2D eigenvalue weighted by atomic mass is 10.0. The summed E-state index contributed by atoms with van der Waals surface area (Å²) in [4.78, 5) is 47.3. The highest BCUT2D eigenvalue weighted by Crippen LogP contribution is 2.13. The van der Waals surface area contributed by atoms with Gasteiger partial charge in [0.05, 0.1) is 0 Å². The Kier molecular flexibility index (Phi) is 28.1. The summed E-state index contributed by atoms with van der Waals surface area (Å²) in [5.74, 6) is -3.54. The van der Waals surface area contributed by atoms with Crippen molar-refractivity contribution < 1.29 is 34.5 Å². The summed E-state index contributed by atoms with van der Waals surface area (Å²) in [6, 6.07) is -1.94. The second-order valence-electron chi connectivity index (χ2n) is 10.5. The number of hydrogen-bond acceptors (Lipinski definition) is 6. The van der Waals surface area contributed by atoms with Gasteiger partial charge in [0.2, 0.25) is 5.91 Å². The van der Waals surface area contributed by atoms with Crippen molar-refractivity contribution in [3.8, 4) is 0 Å². The van der Waals surface area contributed by atoms with Crippen molar-refractivity contribution >= 4 is 29.8 Å². The number of nitrogens with zero attached hydrogens (tertiary/aromatic N) is 1. The van der Waals surface area contributed by atoms with E-state index in [2.05, 4.69) is 17.2 Å². The highest BCUT2D eigenvalue weighted by atomic mass is 16.4. The molecule has 1 amide bonds. The molecule has 0 bridgehead atoms. The molecule has 12 nitrogen and oxygen atoms in total. The van der Waals surface area contributed by atoms with Gasteiger partial charge in [0.15, 0.2) is 5.96 Å². The molecule has 0 radical (unpaired) electrons. The Morgan fingerprint density at radius 1 is 0.659 bits per heavy atom. The lowest BCUT2D eigenvalue weighted by Crippen LogP contribution is -2.41. The van der Waals surface area contributed by atoms with Crippen LogP contribution < -0.4 is 22.5 Å². The summed E-state index contributed by atoms with van der Waals surface area (Å²) in [6.07, 6.45) is 19.7. The smallest absolute Gasteiger partial charge is 0.326 e. The maximum Gasteiger partial charge on any atom is 0.326 e. The first kappa shape index (κ1) is 40.2. The maximum atomic E-state index is 11.8. The van der Waals surface area contributed by atoms with Crippen molar-refractivity contribution in [1.82, 2.24) is 5.32 Å². The van der Waals surface area contributed by atoms with Gasteiger partial charge in [-0.3, -0.25) is 19.4 Å². The number of unbranched alkanes of at least 4 members (excludes halogenated alkanes) is 14. The number of carbonyl (C=O) groups is 4. The lowest BCUT2D eigenvalue weighted by Gasteiger charge is -2.13. The van der Waals surface area contributed by atoms with Crippen LogP contribution in [0.3, 0.4) is 0 Å². The summed E-state index contributed by atoms with van der Waals surface area (Å²) < 4.78 is 0. The number of amides is 1. The average Bonchev–Trinajstić information content (AvgIpc) is 2.91. The van der Waals surface area contributed by atoms with Crippen LogP contribution in [0.15, 0.2) is 4.99 Å². The van der Waals surface area contributed by atoms with Gasteiger partial charge in [0.25, 0.3) is 0 Å². The van der Waals surface area contributed by atoms with Gasteiger partial charge in [0.1, 0.15) is 12.1 Å². The molecule has 41 heavy (non-hydrogen) atoms. The molecule has 0 fully saturated rings. The van der Waals surface area contributed by atoms with Crippen LogP contribution in [0.4, 0.5) is 0 Å². The number of guanidine groups is 1. The molecule has 0 saturated heterocycles. The zero-order valence-corrected chi connectivity index (χ0v) is 25.2. The fourth-order valence-corrected chi connectivity index (χ4v) is 4.09. The molecule has 0 aromatic rings. The van der Waals surface area contributed by atoms with Gasteiger partial charge in [-0.1, -0.05) is 96.8 Å². The first-order chi connectivity index (χ1) is 19.5. The Hall–Kier alpha value is -2.89. The van der Waals surface area contributed by atoms with Crippen LogP contribution in [0.1, 0.15) is 135 Å². The number of aliphatic carboxylic acids is 3. The van der Waals surface area contributed by atoms with Crippen LogP contribution >= 0.6 is 0 Å². The minimum Gasteiger partial charge on any atom is -0.481 e. The Labute approximate surface area is 245 Å². The number of aliphatic imine (C=N–C) groups is 1. The second-order valence-corrected chi connectivity index (χ2v) is 10.5. The molecule has 0 aliphatic heterocycles. The highest BCUT2D eigenvalue weighted by Gasteiger charge is 2.20. The van der Waals surface area contributed by atoms with Crippen molar-refractivity contribution in [1.29, 1.82) is 0 Å². The summed E-state index contributed by atoms with van der Waals surface area (Å²) in [5.41, 5.74) is 15.3. The fourth-order valence-electron chi connectivity index (χ4n) is 4.09. The van der Waals surface area contributed by atoms with E-state index in [9.17, 15) is 19.2 Å². The SMILES string of the molecule is CCCCCCCCCCCCCCCCCC(=O)NC(CCC(=O)O)C(=O)O.NC(N)=NCCCC(N)C(=O)O. The van der Waals surface area contributed by atoms with Gasteiger partial charge in [-0.25, -0.2) is 4.79 Å². The Balaban J connectivity index is 0. The quantitative estimate of drug-likeness (QED) is 0.0434. The summed E-state index contributed by atoms with van der Waals surface area (Å²) in [6.45, 7) is 2.67. The molecular formula is C29H57N5O7. The molecule has 0 aliphatic rings. The van der Waals surface area contributed by atoms with Gasteiger partial charge >= 0.3 is 17.9 Å². The van der Waals surface area contributed by atoms with Crippen LogP contribution in [0.25, 0.3) is 0 Å². The molecule has 2 atom stereocenters. The van der Waals surface area contributed by atoms with E-state index in [-0.39, 0.29) is 24.7 Å². The van der Waals surface area contributed by atoms with E-state index < -0.39 is 30.0 Å². The number of hydrogen-bond donors (Lipinski definition) is 7. The van der Waals surface area contributed by atoms with Crippen LogP contribution in [-0.4, -0.2) is 63.7 Å². The zero-order valence-electron chi connectivity index (χ0n) is 25.2. The van der Waals surface area contributed by atoms with Crippen LogP contribution in [-0.2, 0) is 19.2 Å². The molecule has 240 valence electrons. The number of rotatable bonds is 26. The van der Waals surface area contributed by atoms with E-state index >= 15 is 0 Å². The molecule has 12 heteroatoms. The van der Waals surface area contributed by atoms with Crippen LogP contribution in [0.2, 0.25) is 0 Å². The van der Waals surface area contributed by atoms with E-state index in [0.29, 0.717) is 25.8 Å². The van der Waals surface area contributed by atoms with Crippen molar-refractivity contribution in [3.05, 3.63) is 0 Å². The predicted octanol–water partition coefficient (Wildman–Crippen LogP) is 4.13. The number of nitrogens with one attached hydrogen (secondary N) is 1. The molecule has 2 unspecified atom stereocenters. The molecule has 0 aliphatic carbocycles. The van der Waals surface area contributed by atoms with Gasteiger partial charge in [-0.2, -0.15) is 0 Å². The van der Waals surface area contributed by atoms with Crippen LogP contribution in [0.5, 0.6) is 0 Å². The largest absolute Gasteiger partial charge is 0.481 e. The monoisotopic (exact) mass is 587 g/mol. The van der Waals surface area contributed by atoms with E-state index in [1.807, 2.05) is 0 Å². The van der Waals surface area contributed by atoms with E-state index in [1.165, 1.54) is 77.0 Å². The first-order valence-corrected chi connectivity index (χ1v) is 15.3. The van der Waals surface area contributed by atoms with Crippen molar-refractivity contribution in [2.45, 2.75) is 147 Å². The number of carboxylic acids is 3. The maximum absolute atomic E-state index is 11.8. The topological polar surface area (TPSA) is 231 Å². The number of nitrogens with two attached hydrogens (primary N) is 3. The van der Waals surface area contributed by atoms with E-state index in [1.54, 1.807) is 0 Å². The molecule has 0 saturated carbocycles. The van der Waals surface area contributed by atoms with Gasteiger partial charge < -0.3 is 37.8 Å². The third-order valence-electron chi connectivity index (χ3n) is 6.57. The lowest BCUT2D eigenvalue weighted by molar-refractivity contribution is -0.143. The summed E-state index contributed by atoms with van der Waals surface area (Å²) >= 11 is 0. The predicted molar refractivity (Wildman–Crippen MR) is 162 cm³/mol. The molecule has 0 aromatic carbocycles. The van der Waals surface area contributed by atoms with E-state index in [0.717, 1.165) is 19.3 Å². The molecule has 0 rings (SSSR count). The molecule has 0 heterocycles. The minimum absolute atomic E-state index is 0.0129. The summed E-state index contributed by atoms with van der Waals surface area (Å²) in [7, 11) is 0. The zero-order chi connectivity index (χ0) is 31.3. The Bertz CT molecular complexity index is 730. The molecule has 0 spiro atoms. The third-order valence-corrected chi connectivity index (χ3v) is 6.57. The Morgan fingerprint density at radius 3 is 1.51 bits per heavy atom. The summed E-state index contributed by atoms with van der Waals surface area (Å²) in [5, 5.41) is 28.5. The van der Waals surface area contributed by atoms with Gasteiger partial charge in [0, 0.05) is 19.4 Å². The minimum atomic E-state index is -1.18. The number of carbonyl (C=O) groups excluding carboxylic acids is 1. The fraction of sp³-hybridized carbons (Fsp3) is 0.828. The van der Waals surface area contributed by atoms with E-state index in [4.69, 9.17) is 32.5 Å². The molecule has 0 aromatic heterocycles. The normalized spacial score (nSPS) is 12.0. The second kappa shape index (κ2) is 28.6. The van der Waals surface area contributed by atoms with Crippen LogP contribution in [0, 0.1) is 0 Å². The molecule has 10 N–H and O–H groups in total.